The van der Waals surface area contributed by atoms with E-state index in [1.807, 2.05) is 67.6 Å². The fourth-order valence-corrected chi connectivity index (χ4v) is 3.44. The number of nitrogens with one attached hydrogen (secondary N) is 1. The Morgan fingerprint density at radius 3 is 2.40 bits per heavy atom. The van der Waals surface area contributed by atoms with E-state index in [1.165, 1.54) is 0 Å². The lowest BCUT2D eigenvalue weighted by molar-refractivity contribution is 0.588. The third kappa shape index (κ3) is 4.09. The molecule has 0 bridgehead atoms. The first-order valence-electron chi connectivity index (χ1n) is 8.09. The lowest BCUT2D eigenvalue weighted by atomic mass is 10.1. The Kier molecular flexibility index (Phi) is 4.65. The van der Waals surface area contributed by atoms with E-state index in [1.54, 1.807) is 13.3 Å². The molecule has 0 radical (unpaired) electrons. The van der Waals surface area contributed by atoms with Crippen LogP contribution in [0.1, 0.15) is 5.56 Å². The zero-order valence-electron chi connectivity index (χ0n) is 14.7. The number of benzene rings is 2. The largest absolute Gasteiger partial charge is 0.399 e. The van der Waals surface area contributed by atoms with Gasteiger partial charge < -0.3 is 15.6 Å². The van der Waals surface area contributed by atoms with E-state index >= 15 is 0 Å². The van der Waals surface area contributed by atoms with Gasteiger partial charge in [-0.1, -0.05) is 36.4 Å². The molecule has 25 heavy (non-hydrogen) atoms. The summed E-state index contributed by atoms with van der Waals surface area (Å²) < 4.78 is 12.1. The average molecular weight is 351 g/mol. The van der Waals surface area contributed by atoms with Crippen molar-refractivity contribution >= 4 is 29.6 Å². The van der Waals surface area contributed by atoms with Crippen molar-refractivity contribution in [1.82, 2.24) is 4.98 Å². The van der Waals surface area contributed by atoms with E-state index in [4.69, 9.17) is 5.73 Å². The van der Waals surface area contributed by atoms with E-state index in [9.17, 15) is 4.57 Å². The van der Waals surface area contributed by atoms with Crippen molar-refractivity contribution in [2.24, 2.45) is 0 Å². The van der Waals surface area contributed by atoms with Crippen molar-refractivity contribution in [3.63, 3.8) is 0 Å². The number of rotatable bonds is 4. The van der Waals surface area contributed by atoms with Gasteiger partial charge in [-0.05, 0) is 50.1 Å². The van der Waals surface area contributed by atoms with E-state index in [-0.39, 0.29) is 0 Å². The molecule has 1 aromatic heterocycles. The lowest BCUT2D eigenvalue weighted by Gasteiger charge is -2.11. The van der Waals surface area contributed by atoms with E-state index < -0.39 is 7.14 Å². The predicted octanol–water partition coefficient (Wildman–Crippen LogP) is 4.63. The third-order valence-electron chi connectivity index (χ3n) is 4.06. The van der Waals surface area contributed by atoms with Gasteiger partial charge in [0.1, 0.15) is 13.0 Å². The number of nitrogen functional groups attached to an aromatic ring is 1. The molecule has 0 spiro atoms. The van der Waals surface area contributed by atoms with E-state index in [0.29, 0.717) is 5.69 Å². The van der Waals surface area contributed by atoms with Crippen LogP contribution in [0.15, 0.2) is 60.7 Å². The molecule has 0 saturated heterocycles. The number of aryl methyl sites for hydroxylation is 1. The first kappa shape index (κ1) is 17.2. The van der Waals surface area contributed by atoms with Crippen LogP contribution in [0.3, 0.4) is 0 Å². The highest BCUT2D eigenvalue weighted by atomic mass is 31.2. The molecule has 5 heteroatoms. The fraction of sp³-hybridized carbons (Fsp3) is 0.150. The Hall–Kier alpha value is -2.58. The zero-order chi connectivity index (χ0) is 18.0. The third-order valence-corrected chi connectivity index (χ3v) is 5.60. The maximum absolute atomic E-state index is 12.1. The molecule has 3 rings (SSSR count). The van der Waals surface area contributed by atoms with Gasteiger partial charge in [-0.15, -0.1) is 0 Å². The van der Waals surface area contributed by atoms with Gasteiger partial charge >= 0.3 is 0 Å². The average Bonchev–Trinajstić information content (AvgIpc) is 2.58. The fourth-order valence-electron chi connectivity index (χ4n) is 2.57. The molecule has 128 valence electrons. The standard InChI is InChI=1S/C20H22N3OP/c1-14-7-10-16(21)13-19(14)23-20-6-4-5-18(22-20)15-8-11-17(12-9-15)25(2,3)24/h4-13H,21H2,1-3H3,(H,22,23). The number of nitrogens with two attached hydrogens (primary N) is 1. The molecule has 0 fully saturated rings. The number of aromatic nitrogens is 1. The SMILES string of the molecule is Cc1ccc(N)cc1Nc1cccc(-c2ccc(P(C)(C)=O)cc2)n1. The van der Waals surface area contributed by atoms with Crippen LogP contribution in [-0.2, 0) is 4.57 Å². The summed E-state index contributed by atoms with van der Waals surface area (Å²) in [4.78, 5) is 4.68. The minimum absolute atomic E-state index is 0.711. The van der Waals surface area contributed by atoms with Crippen molar-refractivity contribution in [3.05, 3.63) is 66.2 Å². The highest BCUT2D eigenvalue weighted by Gasteiger charge is 2.11. The normalized spacial score (nSPS) is 11.3. The van der Waals surface area contributed by atoms with Gasteiger partial charge in [-0.2, -0.15) is 0 Å². The van der Waals surface area contributed by atoms with Gasteiger partial charge in [-0.25, -0.2) is 4.98 Å². The quantitative estimate of drug-likeness (QED) is 0.531. The second kappa shape index (κ2) is 6.73. The molecule has 0 saturated carbocycles. The molecule has 0 atom stereocenters. The molecule has 0 unspecified atom stereocenters. The molecule has 0 aliphatic heterocycles. The second-order valence-electron chi connectivity index (χ2n) is 6.51. The summed E-state index contributed by atoms with van der Waals surface area (Å²) in [7, 11) is -2.24. The highest BCUT2D eigenvalue weighted by Crippen LogP contribution is 2.35. The minimum Gasteiger partial charge on any atom is -0.399 e. The molecule has 4 nitrogen and oxygen atoms in total. The smallest absolute Gasteiger partial charge is 0.131 e. The topological polar surface area (TPSA) is 68.0 Å². The van der Waals surface area contributed by atoms with Gasteiger partial charge in [0.05, 0.1) is 5.69 Å². The number of pyridine rings is 1. The minimum atomic E-state index is -2.24. The van der Waals surface area contributed by atoms with Crippen LogP contribution in [0.5, 0.6) is 0 Å². The molecule has 0 aliphatic carbocycles. The van der Waals surface area contributed by atoms with Crippen LogP contribution in [0.4, 0.5) is 17.2 Å². The number of anilines is 3. The van der Waals surface area contributed by atoms with Gasteiger partial charge in [0, 0.05) is 22.2 Å². The first-order chi connectivity index (χ1) is 11.8. The van der Waals surface area contributed by atoms with Crippen LogP contribution in [-0.4, -0.2) is 18.3 Å². The van der Waals surface area contributed by atoms with Crippen molar-refractivity contribution in [3.8, 4) is 11.3 Å². The summed E-state index contributed by atoms with van der Waals surface area (Å²) in [6.45, 7) is 5.58. The Bertz CT molecular complexity index is 945. The van der Waals surface area contributed by atoms with Crippen LogP contribution >= 0.6 is 7.14 Å². The molecule has 0 aliphatic rings. The summed E-state index contributed by atoms with van der Waals surface area (Å²) in [6.07, 6.45) is 0. The predicted molar refractivity (Wildman–Crippen MR) is 108 cm³/mol. The molecule has 2 aromatic carbocycles. The van der Waals surface area contributed by atoms with Crippen molar-refractivity contribution < 1.29 is 4.57 Å². The number of hydrogen-bond donors (Lipinski definition) is 2. The summed E-state index contributed by atoms with van der Waals surface area (Å²) >= 11 is 0. The second-order valence-corrected chi connectivity index (χ2v) is 9.72. The van der Waals surface area contributed by atoms with Gasteiger partial charge in [0.15, 0.2) is 0 Å². The molecule has 3 N–H and O–H groups in total. The first-order valence-corrected chi connectivity index (χ1v) is 10.7. The Morgan fingerprint density at radius 2 is 1.72 bits per heavy atom. The van der Waals surface area contributed by atoms with Crippen LogP contribution in [0, 0.1) is 6.92 Å². The summed E-state index contributed by atoms with van der Waals surface area (Å²) in [5, 5.41) is 4.20. The maximum atomic E-state index is 12.1. The van der Waals surface area contributed by atoms with Crippen molar-refractivity contribution in [2.45, 2.75) is 6.92 Å². The van der Waals surface area contributed by atoms with Gasteiger partial charge in [0.25, 0.3) is 0 Å². The number of hydrogen-bond acceptors (Lipinski definition) is 4. The molecule has 1 heterocycles. The molecule has 3 aromatic rings. The molecule has 0 amide bonds. The van der Waals surface area contributed by atoms with Crippen molar-refractivity contribution in [1.29, 1.82) is 0 Å². The Balaban J connectivity index is 1.89. The van der Waals surface area contributed by atoms with Crippen LogP contribution in [0.25, 0.3) is 11.3 Å². The maximum Gasteiger partial charge on any atom is 0.131 e. The Labute approximate surface area is 148 Å². The summed E-state index contributed by atoms with van der Waals surface area (Å²) in [6, 6.07) is 19.4. The Morgan fingerprint density at radius 1 is 1.00 bits per heavy atom. The van der Waals surface area contributed by atoms with Crippen LogP contribution in [0.2, 0.25) is 0 Å². The van der Waals surface area contributed by atoms with Crippen LogP contribution < -0.4 is 16.4 Å². The highest BCUT2D eigenvalue weighted by molar-refractivity contribution is 7.70. The van der Waals surface area contributed by atoms with Gasteiger partial charge in [-0.3, -0.25) is 0 Å². The number of nitrogens with zero attached hydrogens (tertiary/aromatic N) is 1. The zero-order valence-corrected chi connectivity index (χ0v) is 15.5. The summed E-state index contributed by atoms with van der Waals surface area (Å²) in [5.74, 6) is 0.756. The molecular weight excluding hydrogens is 329 g/mol. The van der Waals surface area contributed by atoms with Gasteiger partial charge in [0.2, 0.25) is 0 Å². The lowest BCUT2D eigenvalue weighted by Crippen LogP contribution is -2.02. The van der Waals surface area contributed by atoms with Crippen molar-refractivity contribution in [2.75, 3.05) is 24.4 Å². The monoisotopic (exact) mass is 351 g/mol. The molecular formula is C20H22N3OP. The van der Waals surface area contributed by atoms with E-state index in [2.05, 4.69) is 10.3 Å². The summed E-state index contributed by atoms with van der Waals surface area (Å²) in [5.41, 5.74) is 10.5. The van der Waals surface area contributed by atoms with E-state index in [0.717, 1.165) is 33.6 Å².